The first-order valence-corrected chi connectivity index (χ1v) is 6.33. The Morgan fingerprint density at radius 2 is 2.32 bits per heavy atom. The molecule has 10 heteroatoms. The van der Waals surface area contributed by atoms with Gasteiger partial charge in [-0.25, -0.2) is 0 Å². The molecule has 0 saturated heterocycles. The number of carbonyl (C=O) groups excluding carboxylic acids is 1. The molecule has 0 atom stereocenters. The number of nitro groups is 1. The number of rotatable bonds is 5. The van der Waals surface area contributed by atoms with Crippen LogP contribution in [0.3, 0.4) is 0 Å². The summed E-state index contributed by atoms with van der Waals surface area (Å²) in [5, 5.41) is 29.8. The quantitative estimate of drug-likeness (QED) is 0.639. The van der Waals surface area contributed by atoms with Crippen molar-refractivity contribution in [3.8, 4) is 6.07 Å². The highest BCUT2D eigenvalue weighted by Crippen LogP contribution is 2.14. The van der Waals surface area contributed by atoms with Gasteiger partial charge in [0.1, 0.15) is 17.5 Å². The summed E-state index contributed by atoms with van der Waals surface area (Å²) >= 11 is 0. The van der Waals surface area contributed by atoms with Crippen molar-refractivity contribution in [2.24, 2.45) is 7.05 Å². The molecule has 0 spiro atoms. The highest BCUT2D eigenvalue weighted by molar-refractivity contribution is 5.91. The van der Waals surface area contributed by atoms with E-state index in [-0.39, 0.29) is 30.3 Å². The lowest BCUT2D eigenvalue weighted by atomic mass is 10.3. The van der Waals surface area contributed by atoms with Crippen molar-refractivity contribution in [2.75, 3.05) is 5.32 Å². The second kappa shape index (κ2) is 6.04. The molecule has 0 bridgehead atoms. The van der Waals surface area contributed by atoms with Crippen molar-refractivity contribution in [1.82, 2.24) is 19.6 Å². The number of nitrogens with zero attached hydrogens (tertiary/aromatic N) is 6. The standard InChI is InChI=1S/C12H13N7O3/c1-8-5-10(19(21)22)16-18(8)4-3-11(20)15-12-9(6-13)7-14-17(12)2/h5,7H,3-4H2,1-2H3,(H,15,20). The van der Waals surface area contributed by atoms with Gasteiger partial charge in [0.2, 0.25) is 5.91 Å². The van der Waals surface area contributed by atoms with Gasteiger partial charge in [-0.3, -0.25) is 9.48 Å². The van der Waals surface area contributed by atoms with Crippen LogP contribution in [0.2, 0.25) is 0 Å². The van der Waals surface area contributed by atoms with Crippen LogP contribution < -0.4 is 5.32 Å². The van der Waals surface area contributed by atoms with Gasteiger partial charge in [-0.1, -0.05) is 0 Å². The Morgan fingerprint density at radius 1 is 1.59 bits per heavy atom. The first kappa shape index (κ1) is 15.2. The number of nitriles is 1. The summed E-state index contributed by atoms with van der Waals surface area (Å²) in [4.78, 5) is 22.0. The Kier molecular flexibility index (Phi) is 4.17. The molecular formula is C12H13N7O3. The van der Waals surface area contributed by atoms with Gasteiger partial charge in [-0.05, 0) is 11.8 Å². The Bertz CT molecular complexity index is 768. The molecule has 22 heavy (non-hydrogen) atoms. The lowest BCUT2D eigenvalue weighted by molar-refractivity contribution is -0.389. The Hall–Kier alpha value is -3.22. The van der Waals surface area contributed by atoms with E-state index in [1.807, 2.05) is 6.07 Å². The molecule has 114 valence electrons. The molecule has 1 N–H and O–H groups in total. The van der Waals surface area contributed by atoms with Gasteiger partial charge in [0.15, 0.2) is 0 Å². The molecule has 0 fully saturated rings. The van der Waals surface area contributed by atoms with Crippen molar-refractivity contribution in [3.05, 3.63) is 33.6 Å². The monoisotopic (exact) mass is 303 g/mol. The number of amides is 1. The highest BCUT2D eigenvalue weighted by atomic mass is 16.6. The topological polar surface area (TPSA) is 132 Å². The molecule has 2 rings (SSSR count). The summed E-state index contributed by atoms with van der Waals surface area (Å²) in [7, 11) is 1.61. The van der Waals surface area contributed by atoms with E-state index in [1.54, 1.807) is 14.0 Å². The largest absolute Gasteiger partial charge is 0.390 e. The molecule has 0 aliphatic rings. The predicted molar refractivity (Wildman–Crippen MR) is 74.8 cm³/mol. The molecule has 2 aromatic heterocycles. The first-order valence-electron chi connectivity index (χ1n) is 6.33. The third kappa shape index (κ3) is 3.09. The average molecular weight is 303 g/mol. The number of carbonyl (C=O) groups is 1. The van der Waals surface area contributed by atoms with Gasteiger partial charge < -0.3 is 15.4 Å². The molecule has 0 unspecified atom stereocenters. The summed E-state index contributed by atoms with van der Waals surface area (Å²) in [6, 6.07) is 3.27. The number of aromatic nitrogens is 4. The fourth-order valence-electron chi connectivity index (χ4n) is 1.88. The molecule has 0 aromatic carbocycles. The molecule has 2 heterocycles. The highest BCUT2D eigenvalue weighted by Gasteiger charge is 2.17. The summed E-state index contributed by atoms with van der Waals surface area (Å²) in [5.74, 6) is -0.273. The number of hydrogen-bond donors (Lipinski definition) is 1. The summed E-state index contributed by atoms with van der Waals surface area (Å²) in [5.41, 5.74) is 0.861. The molecule has 0 aliphatic carbocycles. The number of anilines is 1. The molecular weight excluding hydrogens is 290 g/mol. The first-order chi connectivity index (χ1) is 10.4. The minimum atomic E-state index is -0.585. The van der Waals surface area contributed by atoms with E-state index in [0.29, 0.717) is 11.5 Å². The lowest BCUT2D eigenvalue weighted by Gasteiger charge is -2.05. The molecule has 1 amide bonds. The van der Waals surface area contributed by atoms with Crippen molar-refractivity contribution in [1.29, 1.82) is 5.26 Å². The van der Waals surface area contributed by atoms with Crippen molar-refractivity contribution >= 4 is 17.5 Å². The smallest absolute Gasteiger partial charge is 0.358 e. The van der Waals surface area contributed by atoms with Crippen LogP contribution >= 0.6 is 0 Å². The maximum absolute atomic E-state index is 11.9. The van der Waals surface area contributed by atoms with Crippen molar-refractivity contribution in [3.63, 3.8) is 0 Å². The van der Waals surface area contributed by atoms with Gasteiger partial charge >= 0.3 is 5.82 Å². The van der Waals surface area contributed by atoms with E-state index >= 15 is 0 Å². The van der Waals surface area contributed by atoms with E-state index in [0.717, 1.165) is 0 Å². The number of nitrogens with one attached hydrogen (secondary N) is 1. The second-order valence-corrected chi connectivity index (χ2v) is 4.56. The van der Waals surface area contributed by atoms with Crippen LogP contribution in [0, 0.1) is 28.4 Å². The fourth-order valence-corrected chi connectivity index (χ4v) is 1.88. The Labute approximate surface area is 125 Å². The fraction of sp³-hybridized carbons (Fsp3) is 0.333. The van der Waals surface area contributed by atoms with Crippen LogP contribution in [-0.4, -0.2) is 30.4 Å². The van der Waals surface area contributed by atoms with Crippen LogP contribution in [0.1, 0.15) is 17.7 Å². The predicted octanol–water partition coefficient (Wildman–Crippen LogP) is 0.734. The van der Waals surface area contributed by atoms with Crippen LogP contribution in [-0.2, 0) is 18.4 Å². The molecule has 0 aliphatic heterocycles. The van der Waals surface area contributed by atoms with Gasteiger partial charge in [-0.15, -0.1) is 0 Å². The van der Waals surface area contributed by atoms with E-state index in [9.17, 15) is 14.9 Å². The minimum Gasteiger partial charge on any atom is -0.358 e. The molecule has 0 saturated carbocycles. The van der Waals surface area contributed by atoms with Gasteiger partial charge in [0, 0.05) is 13.5 Å². The van der Waals surface area contributed by atoms with E-state index in [1.165, 1.54) is 21.6 Å². The molecule has 2 aromatic rings. The maximum atomic E-state index is 11.9. The van der Waals surface area contributed by atoms with Gasteiger partial charge in [0.05, 0.1) is 29.6 Å². The molecule has 0 radical (unpaired) electrons. The third-order valence-electron chi connectivity index (χ3n) is 3.02. The van der Waals surface area contributed by atoms with Crippen LogP contribution in [0.5, 0.6) is 0 Å². The zero-order valence-corrected chi connectivity index (χ0v) is 12.0. The average Bonchev–Trinajstić information content (AvgIpc) is 3.01. The van der Waals surface area contributed by atoms with E-state index < -0.39 is 4.92 Å². The van der Waals surface area contributed by atoms with Crippen molar-refractivity contribution in [2.45, 2.75) is 19.9 Å². The lowest BCUT2D eigenvalue weighted by Crippen LogP contribution is -2.18. The zero-order chi connectivity index (χ0) is 16.3. The van der Waals surface area contributed by atoms with Crippen LogP contribution in [0.25, 0.3) is 0 Å². The Morgan fingerprint density at radius 3 is 2.91 bits per heavy atom. The summed E-state index contributed by atoms with van der Waals surface area (Å²) in [6.07, 6.45) is 1.42. The SMILES string of the molecule is Cc1cc([N+](=O)[O-])nn1CCC(=O)Nc1c(C#N)cnn1C. The normalized spacial score (nSPS) is 10.2. The van der Waals surface area contributed by atoms with Gasteiger partial charge in [0.25, 0.3) is 0 Å². The summed E-state index contributed by atoms with van der Waals surface area (Å²) < 4.78 is 2.78. The van der Waals surface area contributed by atoms with Crippen LogP contribution in [0.4, 0.5) is 11.6 Å². The van der Waals surface area contributed by atoms with E-state index in [4.69, 9.17) is 5.26 Å². The third-order valence-corrected chi connectivity index (χ3v) is 3.02. The second-order valence-electron chi connectivity index (χ2n) is 4.56. The Balaban J connectivity index is 2.00. The van der Waals surface area contributed by atoms with Crippen molar-refractivity contribution < 1.29 is 9.72 Å². The zero-order valence-electron chi connectivity index (χ0n) is 12.0. The molecule has 10 nitrogen and oxygen atoms in total. The van der Waals surface area contributed by atoms with Gasteiger partial charge in [-0.2, -0.15) is 15.0 Å². The maximum Gasteiger partial charge on any atom is 0.390 e. The number of aryl methyl sites for hydroxylation is 3. The number of hydrogen-bond acceptors (Lipinski definition) is 6. The summed E-state index contributed by atoms with van der Waals surface area (Å²) in [6.45, 7) is 1.87. The van der Waals surface area contributed by atoms with E-state index in [2.05, 4.69) is 15.5 Å². The minimum absolute atomic E-state index is 0.0652. The van der Waals surface area contributed by atoms with Crippen LogP contribution in [0.15, 0.2) is 12.3 Å².